The van der Waals surface area contributed by atoms with Gasteiger partial charge in [-0.25, -0.2) is 4.98 Å². The van der Waals surface area contributed by atoms with Crippen LogP contribution in [0.1, 0.15) is 0 Å². The number of para-hydroxylation sites is 1. The average Bonchev–Trinajstić information content (AvgIpc) is 3.07. The summed E-state index contributed by atoms with van der Waals surface area (Å²) in [5.74, 6) is 1.21. The third kappa shape index (κ3) is 3.37. The van der Waals surface area contributed by atoms with Crippen molar-refractivity contribution in [1.29, 1.82) is 0 Å². The predicted molar refractivity (Wildman–Crippen MR) is 90.8 cm³/mol. The molecule has 124 valence electrons. The maximum Gasteiger partial charge on any atom is 0.243 e. The zero-order valence-electron chi connectivity index (χ0n) is 13.3. The van der Waals surface area contributed by atoms with Gasteiger partial charge in [0.05, 0.1) is 19.4 Å². The van der Waals surface area contributed by atoms with E-state index in [1.54, 1.807) is 6.20 Å². The molecule has 1 saturated heterocycles. The minimum Gasteiger partial charge on any atom is -0.454 e. The fraction of sp³-hybridized carbons (Fsp3) is 0.353. The largest absolute Gasteiger partial charge is 0.454 e. The maximum atomic E-state index is 5.83. The van der Waals surface area contributed by atoms with Gasteiger partial charge in [0.2, 0.25) is 5.95 Å². The van der Waals surface area contributed by atoms with Crippen LogP contribution in [-0.2, 0) is 4.74 Å². The topological polar surface area (TPSA) is 76.3 Å². The van der Waals surface area contributed by atoms with E-state index < -0.39 is 0 Å². The molecular formula is C17H19N5O2. The minimum atomic E-state index is 0.515. The summed E-state index contributed by atoms with van der Waals surface area (Å²) in [6, 6.07) is 9.86. The molecule has 4 rings (SSSR count). The fourth-order valence-corrected chi connectivity index (χ4v) is 2.76. The summed E-state index contributed by atoms with van der Waals surface area (Å²) in [5.41, 5.74) is 1.52. The minimum absolute atomic E-state index is 0.515. The molecule has 24 heavy (non-hydrogen) atoms. The van der Waals surface area contributed by atoms with E-state index >= 15 is 0 Å². The molecule has 1 fully saturated rings. The molecule has 0 radical (unpaired) electrons. The van der Waals surface area contributed by atoms with Crippen LogP contribution < -0.4 is 5.32 Å². The molecule has 2 aromatic heterocycles. The highest BCUT2D eigenvalue weighted by Gasteiger charge is 2.11. The lowest BCUT2D eigenvalue weighted by Gasteiger charge is -2.26. The van der Waals surface area contributed by atoms with Crippen LogP contribution in [0.2, 0.25) is 0 Å². The number of fused-ring (bicyclic) bond motifs is 1. The first-order valence-electron chi connectivity index (χ1n) is 8.11. The van der Waals surface area contributed by atoms with E-state index in [1.807, 2.05) is 30.3 Å². The van der Waals surface area contributed by atoms with Crippen molar-refractivity contribution >= 4 is 16.9 Å². The van der Waals surface area contributed by atoms with Gasteiger partial charge in [-0.1, -0.05) is 18.2 Å². The lowest BCUT2D eigenvalue weighted by atomic mass is 10.2. The summed E-state index contributed by atoms with van der Waals surface area (Å²) in [4.78, 5) is 6.85. The van der Waals surface area contributed by atoms with E-state index in [2.05, 4.69) is 25.4 Å². The van der Waals surface area contributed by atoms with E-state index in [1.165, 1.54) is 0 Å². The highest BCUT2D eigenvalue weighted by Crippen LogP contribution is 2.26. The molecule has 3 aromatic rings. The Kier molecular flexibility index (Phi) is 4.35. The molecule has 0 unspecified atom stereocenters. The second kappa shape index (κ2) is 6.94. The van der Waals surface area contributed by atoms with Gasteiger partial charge in [0.15, 0.2) is 5.76 Å². The highest BCUT2D eigenvalue weighted by molar-refractivity contribution is 5.81. The van der Waals surface area contributed by atoms with E-state index in [4.69, 9.17) is 9.15 Å². The number of hydrogen-bond acceptors (Lipinski definition) is 7. The summed E-state index contributed by atoms with van der Waals surface area (Å²) < 4.78 is 11.2. The van der Waals surface area contributed by atoms with Crippen LogP contribution in [0.15, 0.2) is 40.9 Å². The highest BCUT2D eigenvalue weighted by atomic mass is 16.5. The molecule has 1 aliphatic rings. The smallest absolute Gasteiger partial charge is 0.243 e. The van der Waals surface area contributed by atoms with E-state index in [9.17, 15) is 0 Å². The number of hydrogen-bond donors (Lipinski definition) is 1. The van der Waals surface area contributed by atoms with Gasteiger partial charge in [-0.3, -0.25) is 4.90 Å². The van der Waals surface area contributed by atoms with Gasteiger partial charge in [0.1, 0.15) is 11.3 Å². The van der Waals surface area contributed by atoms with Gasteiger partial charge in [-0.15, -0.1) is 5.10 Å². The molecule has 1 aromatic carbocycles. The number of benzene rings is 1. The molecule has 0 spiro atoms. The van der Waals surface area contributed by atoms with E-state index in [0.29, 0.717) is 17.4 Å². The van der Waals surface area contributed by atoms with E-state index in [-0.39, 0.29) is 0 Å². The van der Waals surface area contributed by atoms with Crippen molar-refractivity contribution in [3.63, 3.8) is 0 Å². The number of anilines is 1. The molecule has 0 atom stereocenters. The summed E-state index contributed by atoms with van der Waals surface area (Å²) in [5, 5.41) is 12.3. The Morgan fingerprint density at radius 3 is 2.92 bits per heavy atom. The average molecular weight is 325 g/mol. The fourth-order valence-electron chi connectivity index (χ4n) is 2.76. The first kappa shape index (κ1) is 15.0. The van der Waals surface area contributed by atoms with E-state index in [0.717, 1.165) is 50.4 Å². The molecule has 0 aliphatic carbocycles. The molecule has 3 heterocycles. The molecule has 7 nitrogen and oxygen atoms in total. The van der Waals surface area contributed by atoms with Crippen molar-refractivity contribution < 1.29 is 9.15 Å². The van der Waals surface area contributed by atoms with Gasteiger partial charge < -0.3 is 14.5 Å². The molecule has 1 aliphatic heterocycles. The van der Waals surface area contributed by atoms with Crippen LogP contribution in [0.25, 0.3) is 22.4 Å². The molecule has 7 heteroatoms. The number of furan rings is 1. The van der Waals surface area contributed by atoms with Crippen LogP contribution in [-0.4, -0.2) is 59.5 Å². The van der Waals surface area contributed by atoms with Gasteiger partial charge >= 0.3 is 0 Å². The van der Waals surface area contributed by atoms with Crippen molar-refractivity contribution in [3.05, 3.63) is 36.5 Å². The Morgan fingerprint density at radius 2 is 2.04 bits per heavy atom. The number of nitrogens with one attached hydrogen (secondary N) is 1. The Labute approximate surface area is 139 Å². The number of ether oxygens (including phenoxy) is 1. The second-order valence-corrected chi connectivity index (χ2v) is 5.69. The lowest BCUT2D eigenvalue weighted by molar-refractivity contribution is 0.0398. The molecule has 0 saturated carbocycles. The first-order chi connectivity index (χ1) is 11.9. The zero-order valence-corrected chi connectivity index (χ0v) is 13.3. The van der Waals surface area contributed by atoms with Crippen molar-refractivity contribution in [2.75, 3.05) is 44.7 Å². The lowest BCUT2D eigenvalue weighted by Crippen LogP contribution is -2.39. The third-order valence-electron chi connectivity index (χ3n) is 4.05. The number of nitrogens with zero attached hydrogens (tertiary/aromatic N) is 4. The Hall–Kier alpha value is -2.51. The first-order valence-corrected chi connectivity index (χ1v) is 8.11. The standard InChI is InChI=1S/C17H19N5O2/c1-2-4-15-13(3-1)11-16(24-15)14-12-19-21-17(20-14)18-5-6-22-7-9-23-10-8-22/h1-4,11-12H,5-10H2,(H,18,20,21). The Bertz CT molecular complexity index is 780. The van der Waals surface area contributed by atoms with Crippen molar-refractivity contribution in [3.8, 4) is 11.5 Å². The van der Waals surface area contributed by atoms with Gasteiger partial charge in [0, 0.05) is 31.6 Å². The molecule has 1 N–H and O–H groups in total. The Balaban J connectivity index is 1.43. The number of morpholine rings is 1. The molecule has 0 bridgehead atoms. The van der Waals surface area contributed by atoms with Gasteiger partial charge in [-0.05, 0) is 12.1 Å². The predicted octanol–water partition coefficient (Wildman–Crippen LogP) is 2.03. The number of aromatic nitrogens is 3. The maximum absolute atomic E-state index is 5.83. The van der Waals surface area contributed by atoms with Gasteiger partial charge in [-0.2, -0.15) is 5.10 Å². The van der Waals surface area contributed by atoms with Gasteiger partial charge in [0.25, 0.3) is 0 Å². The summed E-state index contributed by atoms with van der Waals surface area (Å²) in [6.45, 7) is 5.26. The Morgan fingerprint density at radius 1 is 1.17 bits per heavy atom. The van der Waals surface area contributed by atoms with Crippen LogP contribution >= 0.6 is 0 Å². The van der Waals surface area contributed by atoms with Crippen molar-refractivity contribution in [2.45, 2.75) is 0 Å². The van der Waals surface area contributed by atoms with Crippen molar-refractivity contribution in [1.82, 2.24) is 20.1 Å². The summed E-state index contributed by atoms with van der Waals surface area (Å²) >= 11 is 0. The summed E-state index contributed by atoms with van der Waals surface area (Å²) in [7, 11) is 0. The third-order valence-corrected chi connectivity index (χ3v) is 4.05. The normalized spacial score (nSPS) is 15.7. The SMILES string of the molecule is c1ccc2oc(-c3cnnc(NCCN4CCOCC4)n3)cc2c1. The van der Waals surface area contributed by atoms with Crippen molar-refractivity contribution in [2.24, 2.45) is 0 Å². The second-order valence-electron chi connectivity index (χ2n) is 5.69. The zero-order chi connectivity index (χ0) is 16.2. The number of rotatable bonds is 5. The molecule has 0 amide bonds. The molecular weight excluding hydrogens is 306 g/mol. The van der Waals surface area contributed by atoms with Crippen LogP contribution in [0.4, 0.5) is 5.95 Å². The monoisotopic (exact) mass is 325 g/mol. The van der Waals surface area contributed by atoms with Crippen LogP contribution in [0.3, 0.4) is 0 Å². The van der Waals surface area contributed by atoms with Crippen LogP contribution in [0.5, 0.6) is 0 Å². The quantitative estimate of drug-likeness (QED) is 0.769. The van der Waals surface area contributed by atoms with Crippen LogP contribution in [0, 0.1) is 0 Å². The summed E-state index contributed by atoms with van der Waals surface area (Å²) in [6.07, 6.45) is 1.62.